The van der Waals surface area contributed by atoms with E-state index in [9.17, 15) is 70.2 Å². The van der Waals surface area contributed by atoms with Crippen LogP contribution < -0.4 is 0 Å². The molecule has 21 heteroatoms. The van der Waals surface area contributed by atoms with Gasteiger partial charge in [0.2, 0.25) is 0 Å². The molecule has 37 heavy (non-hydrogen) atoms. The van der Waals surface area contributed by atoms with Crippen molar-refractivity contribution in [1.82, 2.24) is 0 Å². The summed E-state index contributed by atoms with van der Waals surface area (Å²) in [6.45, 7) is -3.77. The Hall–Kier alpha value is -0.800. The Bertz CT molecular complexity index is 688. The second-order valence-electron chi connectivity index (χ2n) is 6.95. The van der Waals surface area contributed by atoms with Crippen LogP contribution in [0.1, 0.15) is 19.3 Å². The van der Waals surface area contributed by atoms with E-state index >= 15 is 0 Å². The largest absolute Gasteiger partial charge is 0.460 e. The highest BCUT2D eigenvalue weighted by Crippen LogP contribution is 2.55. The minimum absolute atomic E-state index is 0.204. The molecule has 0 aliphatic rings. The van der Waals surface area contributed by atoms with Gasteiger partial charge in [-0.1, -0.05) is 15.9 Å². The van der Waals surface area contributed by atoms with E-state index in [0.29, 0.717) is 18.2 Å². The lowest BCUT2D eigenvalue weighted by molar-refractivity contribution is -0.543. The van der Waals surface area contributed by atoms with Gasteiger partial charge in [0.1, 0.15) is 12.8 Å². The SMILES string of the molecule is F[C@@H](CCOCCCCBr)COCC(F)(F)OC(F)(F)C(F)(F)OC(F)(F)C(F)(F)C(F)(F)C(F)(F)F. The Morgan fingerprint density at radius 1 is 0.595 bits per heavy atom. The number of halogens is 17. The highest BCUT2D eigenvalue weighted by Gasteiger charge is 2.85. The van der Waals surface area contributed by atoms with Crippen LogP contribution in [-0.4, -0.2) is 80.4 Å². The van der Waals surface area contributed by atoms with E-state index in [2.05, 4.69) is 25.4 Å². The van der Waals surface area contributed by atoms with Gasteiger partial charge in [-0.2, -0.15) is 65.9 Å². The molecule has 4 nitrogen and oxygen atoms in total. The van der Waals surface area contributed by atoms with E-state index in [4.69, 9.17) is 4.74 Å². The number of hydrogen-bond acceptors (Lipinski definition) is 4. The quantitative estimate of drug-likeness (QED) is 0.0892. The molecule has 1 atom stereocenters. The van der Waals surface area contributed by atoms with Crippen molar-refractivity contribution in [2.24, 2.45) is 0 Å². The zero-order chi connectivity index (χ0) is 29.6. The number of ether oxygens (including phenoxy) is 4. The molecule has 0 radical (unpaired) electrons. The van der Waals surface area contributed by atoms with Gasteiger partial charge in [-0.25, -0.2) is 13.9 Å². The van der Waals surface area contributed by atoms with Crippen LogP contribution in [0.3, 0.4) is 0 Å². The molecule has 0 bridgehead atoms. The zero-order valence-electron chi connectivity index (χ0n) is 17.8. The van der Waals surface area contributed by atoms with Crippen LogP contribution in [0.4, 0.5) is 70.2 Å². The van der Waals surface area contributed by atoms with Crippen LogP contribution in [0.2, 0.25) is 0 Å². The summed E-state index contributed by atoms with van der Waals surface area (Å²) in [5.41, 5.74) is 0. The summed E-state index contributed by atoms with van der Waals surface area (Å²) < 4.78 is 219. The van der Waals surface area contributed by atoms with Crippen molar-refractivity contribution >= 4 is 15.9 Å². The smallest absolute Gasteiger partial charge is 0.381 e. The van der Waals surface area contributed by atoms with Crippen LogP contribution in [0.5, 0.6) is 0 Å². The Morgan fingerprint density at radius 2 is 1.11 bits per heavy atom. The van der Waals surface area contributed by atoms with Gasteiger partial charge in [-0.15, -0.1) is 0 Å². The molecule has 0 saturated carbocycles. The van der Waals surface area contributed by atoms with E-state index < -0.39 is 68.3 Å². The standard InChI is InChI=1S/C16H17BrF16O4/c17-4-1-2-5-34-6-3-9(18)7-35-8-10(19,20)36-15(30,31)16(32,33)37-14(28,29)12(23,24)11(21,22)13(25,26)27/h9H,1-8H2/t9-/m0/s1. The van der Waals surface area contributed by atoms with Gasteiger partial charge in [-0.05, 0) is 12.8 Å². The fourth-order valence-corrected chi connectivity index (χ4v) is 2.32. The summed E-state index contributed by atoms with van der Waals surface area (Å²) in [5.74, 6) is -15.7. The van der Waals surface area contributed by atoms with Gasteiger partial charge in [0, 0.05) is 25.0 Å². The molecule has 0 fully saturated rings. The summed E-state index contributed by atoms with van der Waals surface area (Å²) in [4.78, 5) is 0. The molecule has 0 N–H and O–H groups in total. The highest BCUT2D eigenvalue weighted by molar-refractivity contribution is 9.09. The van der Waals surface area contributed by atoms with E-state index in [1.807, 2.05) is 0 Å². The first-order valence-electron chi connectivity index (χ1n) is 9.46. The summed E-state index contributed by atoms with van der Waals surface area (Å²) in [7, 11) is 0. The summed E-state index contributed by atoms with van der Waals surface area (Å²) in [5, 5.41) is 0.659. The van der Waals surface area contributed by atoms with Crippen LogP contribution in [0, 0.1) is 0 Å². The lowest BCUT2D eigenvalue weighted by atomic mass is 10.1. The monoisotopic (exact) mass is 656 g/mol. The van der Waals surface area contributed by atoms with Crippen molar-refractivity contribution in [3.05, 3.63) is 0 Å². The lowest BCUT2D eigenvalue weighted by Gasteiger charge is -2.36. The minimum atomic E-state index is -7.93. The van der Waals surface area contributed by atoms with Gasteiger partial charge in [0.25, 0.3) is 0 Å². The molecular weight excluding hydrogens is 640 g/mol. The third-order valence-corrected chi connectivity index (χ3v) is 4.37. The van der Waals surface area contributed by atoms with Crippen molar-refractivity contribution in [3.8, 4) is 0 Å². The number of hydrogen-bond donors (Lipinski definition) is 0. The van der Waals surface area contributed by atoms with Crippen LogP contribution in [0.25, 0.3) is 0 Å². The van der Waals surface area contributed by atoms with E-state index in [-0.39, 0.29) is 13.2 Å². The van der Waals surface area contributed by atoms with Crippen LogP contribution in [-0.2, 0) is 18.9 Å². The molecule has 0 rings (SSSR count). The average molecular weight is 657 g/mol. The maximum absolute atomic E-state index is 13.5. The fourth-order valence-electron chi connectivity index (χ4n) is 1.92. The van der Waals surface area contributed by atoms with Crippen LogP contribution in [0.15, 0.2) is 0 Å². The number of unbranched alkanes of at least 4 members (excludes halogenated alkanes) is 1. The first kappa shape index (κ1) is 36.2. The maximum atomic E-state index is 13.5. The molecule has 0 heterocycles. The first-order chi connectivity index (χ1) is 16.4. The summed E-state index contributed by atoms with van der Waals surface area (Å²) in [6.07, 6.45) is -36.5. The third-order valence-electron chi connectivity index (χ3n) is 3.81. The molecule has 0 aromatic rings. The Balaban J connectivity index is 5.11. The molecule has 0 amide bonds. The van der Waals surface area contributed by atoms with Crippen LogP contribution >= 0.6 is 15.9 Å². The predicted octanol–water partition coefficient (Wildman–Crippen LogP) is 7.16. The molecule has 0 aliphatic heterocycles. The van der Waals surface area contributed by atoms with Gasteiger partial charge >= 0.3 is 42.5 Å². The minimum Gasteiger partial charge on any atom is -0.381 e. The van der Waals surface area contributed by atoms with Crippen molar-refractivity contribution in [2.45, 2.75) is 67.9 Å². The van der Waals surface area contributed by atoms with Gasteiger partial charge in [0.05, 0.1) is 6.61 Å². The molecule has 0 saturated heterocycles. The van der Waals surface area contributed by atoms with Gasteiger partial charge in [-0.3, -0.25) is 0 Å². The second kappa shape index (κ2) is 13.0. The molecule has 0 aromatic heterocycles. The summed E-state index contributed by atoms with van der Waals surface area (Å²) in [6, 6.07) is 0. The summed E-state index contributed by atoms with van der Waals surface area (Å²) >= 11 is 3.12. The lowest BCUT2D eigenvalue weighted by Crippen LogP contribution is -2.64. The first-order valence-corrected chi connectivity index (χ1v) is 10.6. The maximum Gasteiger partial charge on any atom is 0.460 e. The van der Waals surface area contributed by atoms with Gasteiger partial charge < -0.3 is 9.47 Å². The Labute approximate surface area is 205 Å². The molecule has 0 unspecified atom stereocenters. The van der Waals surface area contributed by atoms with Crippen molar-refractivity contribution < 1.29 is 89.2 Å². The number of rotatable bonds is 18. The zero-order valence-corrected chi connectivity index (χ0v) is 19.4. The molecule has 224 valence electrons. The van der Waals surface area contributed by atoms with Crippen molar-refractivity contribution in [3.63, 3.8) is 0 Å². The molecule has 0 aliphatic carbocycles. The van der Waals surface area contributed by atoms with E-state index in [1.54, 1.807) is 0 Å². The van der Waals surface area contributed by atoms with E-state index in [1.165, 1.54) is 4.74 Å². The average Bonchev–Trinajstić information content (AvgIpc) is 2.67. The fraction of sp³-hybridized carbons (Fsp3) is 1.00. The molecule has 0 spiro atoms. The second-order valence-corrected chi connectivity index (χ2v) is 7.74. The molecule has 0 aromatic carbocycles. The highest BCUT2D eigenvalue weighted by atomic mass is 79.9. The number of alkyl halides is 17. The van der Waals surface area contributed by atoms with E-state index in [0.717, 1.165) is 0 Å². The Kier molecular flexibility index (Phi) is 12.8. The van der Waals surface area contributed by atoms with Crippen molar-refractivity contribution in [2.75, 3.05) is 31.8 Å². The van der Waals surface area contributed by atoms with Gasteiger partial charge in [0.15, 0.2) is 0 Å². The topological polar surface area (TPSA) is 36.9 Å². The van der Waals surface area contributed by atoms with Crippen molar-refractivity contribution in [1.29, 1.82) is 0 Å². The predicted molar refractivity (Wildman–Crippen MR) is 92.1 cm³/mol. The normalized spacial score (nSPS) is 15.8. The Morgan fingerprint density at radius 3 is 1.59 bits per heavy atom. The third kappa shape index (κ3) is 10.0. The molecular formula is C16H17BrF16O4.